The minimum atomic E-state index is -0.402. The van der Waals surface area contributed by atoms with E-state index in [0.717, 1.165) is 54.0 Å². The fourth-order valence-corrected chi connectivity index (χ4v) is 6.26. The third-order valence-corrected chi connectivity index (χ3v) is 9.05. The predicted octanol–water partition coefficient (Wildman–Crippen LogP) is 6.47. The van der Waals surface area contributed by atoms with E-state index < -0.39 is 5.82 Å². The lowest BCUT2D eigenvalue weighted by Gasteiger charge is -2.31. The number of rotatable bonds is 13. The average molecular weight is 688 g/mol. The van der Waals surface area contributed by atoms with Crippen LogP contribution in [0.25, 0.3) is 11.0 Å². The maximum atomic E-state index is 14.2. The largest absolute Gasteiger partial charge is 0.504 e. The molecule has 1 amide bonds. The number of fused-ring (bicyclic) bond motifs is 1. The zero-order chi connectivity index (χ0) is 34.3. The number of nitrogens with zero attached hydrogens (tertiary/aromatic N) is 4. The van der Waals surface area contributed by atoms with E-state index in [2.05, 4.69) is 14.8 Å². The van der Waals surface area contributed by atoms with Crippen molar-refractivity contribution in [3.8, 4) is 17.4 Å². The highest BCUT2D eigenvalue weighted by molar-refractivity contribution is 6.30. The fourth-order valence-electron chi connectivity index (χ4n) is 6.11. The zero-order valence-corrected chi connectivity index (χ0v) is 28.3. The highest BCUT2D eigenvalue weighted by Gasteiger charge is 2.24. The number of aromatic hydroxyl groups is 1. The molecule has 0 radical (unpaired) electrons. The first kappa shape index (κ1) is 34.2. The molecule has 12 heteroatoms. The molecule has 0 spiro atoms. The Labute approximate surface area is 289 Å². The molecule has 49 heavy (non-hydrogen) atoms. The molecule has 0 atom stereocenters. The monoisotopic (exact) mass is 687 g/mol. The van der Waals surface area contributed by atoms with E-state index in [1.54, 1.807) is 43.5 Å². The lowest BCUT2D eigenvalue weighted by atomic mass is 9.93. The van der Waals surface area contributed by atoms with Gasteiger partial charge in [0.05, 0.1) is 31.3 Å². The SMILES string of the molecule is COCCn1c(CN2CCC(c3cccc(OCc4ccc(Cl)cc4F)n3)CC2)nc2cc(C(=O)NCc3ccc(O)c(OC)c3)ccc21. The molecule has 1 aliphatic heterocycles. The first-order valence-corrected chi connectivity index (χ1v) is 16.6. The molecule has 10 nitrogen and oxygen atoms in total. The van der Waals surface area contributed by atoms with Crippen LogP contribution >= 0.6 is 11.6 Å². The summed E-state index contributed by atoms with van der Waals surface area (Å²) in [7, 11) is 3.17. The van der Waals surface area contributed by atoms with Crippen LogP contribution < -0.4 is 14.8 Å². The Bertz CT molecular complexity index is 1930. The number of halogens is 2. The molecule has 1 fully saturated rings. The number of hydrogen-bond acceptors (Lipinski definition) is 8. The third kappa shape index (κ3) is 8.30. The van der Waals surface area contributed by atoms with E-state index in [0.29, 0.717) is 47.5 Å². The van der Waals surface area contributed by atoms with Gasteiger partial charge in [-0.05, 0) is 80.0 Å². The number of ether oxygens (including phenoxy) is 3. The van der Waals surface area contributed by atoms with E-state index in [1.807, 2.05) is 30.3 Å². The van der Waals surface area contributed by atoms with Gasteiger partial charge in [0.2, 0.25) is 5.88 Å². The molecule has 0 unspecified atom stereocenters. The molecule has 256 valence electrons. The van der Waals surface area contributed by atoms with Gasteiger partial charge in [0.25, 0.3) is 5.91 Å². The molecule has 1 saturated heterocycles. The summed E-state index contributed by atoms with van der Waals surface area (Å²) in [5.41, 5.74) is 4.41. The number of carbonyl (C=O) groups is 1. The van der Waals surface area contributed by atoms with Gasteiger partial charge in [-0.2, -0.15) is 0 Å². The summed E-state index contributed by atoms with van der Waals surface area (Å²) in [6.07, 6.45) is 1.86. The van der Waals surface area contributed by atoms with Crippen molar-refractivity contribution in [3.63, 3.8) is 0 Å². The second-order valence-corrected chi connectivity index (χ2v) is 12.5. The van der Waals surface area contributed by atoms with Crippen molar-refractivity contribution < 1.29 is 28.5 Å². The minimum absolute atomic E-state index is 0.0471. The Hall–Kier alpha value is -4.71. The number of benzene rings is 3. The number of phenols is 1. The first-order valence-electron chi connectivity index (χ1n) is 16.2. The molecule has 2 aromatic heterocycles. The van der Waals surface area contributed by atoms with Crippen molar-refractivity contribution in [2.75, 3.05) is 33.9 Å². The van der Waals surface area contributed by atoms with Crippen molar-refractivity contribution in [2.24, 2.45) is 0 Å². The number of methoxy groups -OCH3 is 2. The maximum Gasteiger partial charge on any atom is 0.251 e. The summed E-state index contributed by atoms with van der Waals surface area (Å²) >= 11 is 5.87. The average Bonchev–Trinajstić information content (AvgIpc) is 3.46. The number of carbonyl (C=O) groups excluding carboxylic acids is 1. The topological polar surface area (TPSA) is 111 Å². The van der Waals surface area contributed by atoms with Crippen LogP contribution in [0.4, 0.5) is 4.39 Å². The van der Waals surface area contributed by atoms with Gasteiger partial charge in [-0.15, -0.1) is 0 Å². The second-order valence-electron chi connectivity index (χ2n) is 12.0. The summed E-state index contributed by atoms with van der Waals surface area (Å²) in [6.45, 7) is 3.94. The summed E-state index contributed by atoms with van der Waals surface area (Å²) in [6, 6.07) is 20.8. The van der Waals surface area contributed by atoms with Crippen molar-refractivity contribution in [1.82, 2.24) is 24.8 Å². The molecular formula is C37H39ClFN5O5. The van der Waals surface area contributed by atoms with Crippen LogP contribution in [0.5, 0.6) is 17.4 Å². The van der Waals surface area contributed by atoms with Gasteiger partial charge in [0.1, 0.15) is 18.2 Å². The van der Waals surface area contributed by atoms with Crippen LogP contribution in [-0.4, -0.2) is 64.4 Å². The molecular weight excluding hydrogens is 649 g/mol. The Morgan fingerprint density at radius 1 is 1.04 bits per heavy atom. The van der Waals surface area contributed by atoms with Gasteiger partial charge in [0.15, 0.2) is 11.5 Å². The number of likely N-dealkylation sites (tertiary alicyclic amines) is 1. The van der Waals surface area contributed by atoms with Crippen LogP contribution in [0, 0.1) is 5.82 Å². The maximum absolute atomic E-state index is 14.2. The molecule has 0 aliphatic carbocycles. The number of pyridine rings is 1. The molecule has 0 bridgehead atoms. The summed E-state index contributed by atoms with van der Waals surface area (Å²) in [5, 5.41) is 13.1. The highest BCUT2D eigenvalue weighted by atomic mass is 35.5. The molecule has 3 heterocycles. The first-order chi connectivity index (χ1) is 23.8. The van der Waals surface area contributed by atoms with Crippen LogP contribution in [0.1, 0.15) is 51.8 Å². The van der Waals surface area contributed by atoms with Crippen LogP contribution in [-0.2, 0) is 31.0 Å². The number of nitrogens with one attached hydrogen (secondary N) is 1. The molecule has 1 aliphatic rings. The van der Waals surface area contributed by atoms with Gasteiger partial charge in [-0.25, -0.2) is 14.4 Å². The van der Waals surface area contributed by atoms with Crippen molar-refractivity contribution in [2.45, 2.75) is 45.0 Å². The van der Waals surface area contributed by atoms with E-state index in [4.69, 9.17) is 35.8 Å². The molecule has 5 aromatic rings. The van der Waals surface area contributed by atoms with Crippen LogP contribution in [0.3, 0.4) is 0 Å². The van der Waals surface area contributed by atoms with E-state index >= 15 is 0 Å². The van der Waals surface area contributed by atoms with E-state index in [9.17, 15) is 14.3 Å². The standard InChI is InChI=1S/C37H39ClFN5O5/c1-47-17-16-44-32-10-8-26(37(46)40-21-24-6-11-33(45)34(18-24)48-2)19-31(32)41-35(44)22-43-14-12-25(13-15-43)30-4-3-5-36(42-30)49-23-27-7-9-28(38)20-29(27)39/h3-11,18-20,25,45H,12-17,21-23H2,1-2H3,(H,40,46). The number of imidazole rings is 1. The Balaban J connectivity index is 1.08. The quantitative estimate of drug-likeness (QED) is 0.145. The summed E-state index contributed by atoms with van der Waals surface area (Å²) in [5.74, 6) is 1.45. The Kier molecular flexibility index (Phi) is 10.9. The number of phenolic OH excluding ortho intramolecular Hbond substituents is 1. The van der Waals surface area contributed by atoms with Gasteiger partial charge in [0, 0.05) is 54.0 Å². The van der Waals surface area contributed by atoms with Crippen molar-refractivity contribution >= 4 is 28.5 Å². The zero-order valence-electron chi connectivity index (χ0n) is 27.5. The fraction of sp³-hybridized carbons (Fsp3) is 0.324. The number of amides is 1. The van der Waals surface area contributed by atoms with E-state index in [-0.39, 0.29) is 30.7 Å². The van der Waals surface area contributed by atoms with Gasteiger partial charge < -0.3 is 29.2 Å². The molecule has 2 N–H and O–H groups in total. The minimum Gasteiger partial charge on any atom is -0.504 e. The van der Waals surface area contributed by atoms with Gasteiger partial charge >= 0.3 is 0 Å². The molecule has 3 aromatic carbocycles. The molecule has 0 saturated carbocycles. The predicted molar refractivity (Wildman–Crippen MR) is 185 cm³/mol. The van der Waals surface area contributed by atoms with Crippen molar-refractivity contribution in [3.05, 3.63) is 112 Å². The lowest BCUT2D eigenvalue weighted by Crippen LogP contribution is -2.33. The number of hydrogen-bond donors (Lipinski definition) is 2. The number of piperidine rings is 1. The smallest absolute Gasteiger partial charge is 0.251 e. The summed E-state index contributed by atoms with van der Waals surface area (Å²) in [4.78, 5) is 25.2. The lowest BCUT2D eigenvalue weighted by molar-refractivity contribution is 0.0951. The van der Waals surface area contributed by atoms with Crippen molar-refractivity contribution in [1.29, 1.82) is 0 Å². The van der Waals surface area contributed by atoms with Crippen LogP contribution in [0.15, 0.2) is 72.8 Å². The highest BCUT2D eigenvalue weighted by Crippen LogP contribution is 2.30. The van der Waals surface area contributed by atoms with Gasteiger partial charge in [-0.1, -0.05) is 29.8 Å². The second kappa shape index (κ2) is 15.7. The Morgan fingerprint density at radius 3 is 2.65 bits per heavy atom. The Morgan fingerprint density at radius 2 is 1.88 bits per heavy atom. The van der Waals surface area contributed by atoms with Gasteiger partial charge in [-0.3, -0.25) is 9.69 Å². The third-order valence-electron chi connectivity index (χ3n) is 8.81. The van der Waals surface area contributed by atoms with Crippen LogP contribution in [0.2, 0.25) is 5.02 Å². The molecule has 6 rings (SSSR count). The normalized spacial score (nSPS) is 13.9. The summed E-state index contributed by atoms with van der Waals surface area (Å²) < 4.78 is 32.8. The number of aromatic nitrogens is 3. The van der Waals surface area contributed by atoms with E-state index in [1.165, 1.54) is 13.2 Å².